The lowest BCUT2D eigenvalue weighted by Gasteiger charge is -2.21. The van der Waals surface area contributed by atoms with E-state index in [1.54, 1.807) is 7.11 Å². The summed E-state index contributed by atoms with van der Waals surface area (Å²) in [4.78, 5) is 6.90. The number of anilines is 1. The topological polar surface area (TPSA) is 51.6 Å². The Morgan fingerprint density at radius 3 is 2.86 bits per heavy atom. The Bertz CT molecular complexity index is 878. The molecule has 0 unspecified atom stereocenters. The third kappa shape index (κ3) is 4.33. The summed E-state index contributed by atoms with van der Waals surface area (Å²) in [6.45, 7) is 4.32. The molecular weight excluding hydrogens is 352 g/mol. The molecule has 1 aromatic carbocycles. The van der Waals surface area contributed by atoms with Crippen molar-refractivity contribution in [1.82, 2.24) is 14.5 Å². The molecular formula is C22H30N4O2. The van der Waals surface area contributed by atoms with Crippen LogP contribution in [0.3, 0.4) is 0 Å². The predicted octanol–water partition coefficient (Wildman–Crippen LogP) is 4.02. The number of methoxy groups -OCH3 is 1. The number of nitrogens with one attached hydrogen (secondary N) is 1. The number of benzene rings is 1. The van der Waals surface area contributed by atoms with Crippen molar-refractivity contribution in [2.45, 2.75) is 32.1 Å². The minimum atomic E-state index is 0.726. The van der Waals surface area contributed by atoms with Crippen molar-refractivity contribution < 1.29 is 9.47 Å². The molecule has 150 valence electrons. The maximum Gasteiger partial charge on any atom is 0.158 e. The van der Waals surface area contributed by atoms with E-state index in [-0.39, 0.29) is 0 Å². The van der Waals surface area contributed by atoms with E-state index in [4.69, 9.17) is 9.47 Å². The smallest absolute Gasteiger partial charge is 0.158 e. The van der Waals surface area contributed by atoms with Crippen LogP contribution in [-0.4, -0.2) is 47.8 Å². The Morgan fingerprint density at radius 1 is 1.18 bits per heavy atom. The van der Waals surface area contributed by atoms with Gasteiger partial charge in [-0.25, -0.2) is 4.98 Å². The number of likely N-dealkylation sites (tertiary alicyclic amines) is 1. The maximum atomic E-state index is 6.09. The molecule has 0 amide bonds. The highest BCUT2D eigenvalue weighted by Gasteiger charge is 2.17. The van der Waals surface area contributed by atoms with Crippen LogP contribution >= 0.6 is 0 Å². The van der Waals surface area contributed by atoms with Crippen LogP contribution in [-0.2, 0) is 16.5 Å². The highest BCUT2D eigenvalue weighted by Crippen LogP contribution is 2.27. The van der Waals surface area contributed by atoms with Gasteiger partial charge in [-0.2, -0.15) is 0 Å². The molecule has 0 saturated carbocycles. The van der Waals surface area contributed by atoms with Crippen molar-refractivity contribution in [2.75, 3.05) is 38.7 Å². The summed E-state index contributed by atoms with van der Waals surface area (Å²) in [5, 5.41) is 3.54. The quantitative estimate of drug-likeness (QED) is 0.699. The molecule has 0 spiro atoms. The zero-order chi connectivity index (χ0) is 19.3. The molecule has 4 rings (SSSR count). The normalized spacial score (nSPS) is 17.9. The van der Waals surface area contributed by atoms with E-state index < -0.39 is 0 Å². The number of aromatic nitrogens is 2. The zero-order valence-corrected chi connectivity index (χ0v) is 16.9. The Balaban J connectivity index is 1.38. The first-order valence-electron chi connectivity index (χ1n) is 10.2. The summed E-state index contributed by atoms with van der Waals surface area (Å²) < 4.78 is 13.7. The molecule has 2 aromatic rings. The molecule has 1 saturated heterocycles. The summed E-state index contributed by atoms with van der Waals surface area (Å²) in [5.41, 5.74) is 4.34. The van der Waals surface area contributed by atoms with Gasteiger partial charge in [-0.3, -0.25) is 0 Å². The predicted molar refractivity (Wildman–Crippen MR) is 112 cm³/mol. The van der Waals surface area contributed by atoms with E-state index in [1.807, 2.05) is 24.0 Å². The van der Waals surface area contributed by atoms with E-state index >= 15 is 0 Å². The lowest BCUT2D eigenvalue weighted by atomic mass is 10.1. The third-order valence-electron chi connectivity index (χ3n) is 5.55. The number of allylic oxidation sites excluding steroid dienone is 3. The van der Waals surface area contributed by atoms with Crippen LogP contribution in [0.25, 0.3) is 11.0 Å². The van der Waals surface area contributed by atoms with Crippen molar-refractivity contribution in [2.24, 2.45) is 7.05 Å². The van der Waals surface area contributed by atoms with Crippen molar-refractivity contribution in [1.29, 1.82) is 0 Å². The van der Waals surface area contributed by atoms with Gasteiger partial charge in [-0.05, 0) is 57.0 Å². The fraction of sp³-hybridized carbons (Fsp3) is 0.500. The first kappa shape index (κ1) is 18.9. The fourth-order valence-electron chi connectivity index (χ4n) is 3.97. The Morgan fingerprint density at radius 2 is 2.04 bits per heavy atom. The molecule has 2 heterocycles. The van der Waals surface area contributed by atoms with Crippen LogP contribution in [0.5, 0.6) is 0 Å². The van der Waals surface area contributed by atoms with E-state index in [1.165, 1.54) is 25.9 Å². The average molecular weight is 383 g/mol. The number of fused-ring (bicyclic) bond motifs is 1. The van der Waals surface area contributed by atoms with E-state index in [2.05, 4.69) is 33.4 Å². The molecule has 1 N–H and O–H groups in total. The minimum Gasteiger partial charge on any atom is -0.497 e. The number of rotatable bonds is 8. The molecule has 1 aromatic heterocycles. The summed E-state index contributed by atoms with van der Waals surface area (Å²) in [7, 11) is 3.74. The SMILES string of the molecule is COC1=C(OCCCN2CCCC2)C=C(Nc2ccc3ncn(C)c3c2)CC1. The third-order valence-corrected chi connectivity index (χ3v) is 5.55. The van der Waals surface area contributed by atoms with Gasteiger partial charge in [0, 0.05) is 37.5 Å². The molecule has 1 fully saturated rings. The standard InChI is InChI=1S/C22H30N4O2/c1-25-16-23-19-8-6-17(14-20(19)25)24-18-7-9-21(27-2)22(15-18)28-13-5-12-26-10-3-4-11-26/h6,8,14-16,24H,3-5,7,9-13H2,1-2H3. The lowest BCUT2D eigenvalue weighted by molar-refractivity contribution is 0.167. The number of imidazole rings is 1. The first-order valence-corrected chi connectivity index (χ1v) is 10.2. The van der Waals surface area contributed by atoms with Gasteiger partial charge < -0.3 is 24.3 Å². The zero-order valence-electron chi connectivity index (χ0n) is 16.9. The Hall–Kier alpha value is -2.47. The lowest BCUT2D eigenvalue weighted by Crippen LogP contribution is -2.21. The molecule has 28 heavy (non-hydrogen) atoms. The van der Waals surface area contributed by atoms with Gasteiger partial charge in [-0.15, -0.1) is 0 Å². The first-order chi connectivity index (χ1) is 13.7. The van der Waals surface area contributed by atoms with Crippen LogP contribution in [0, 0.1) is 0 Å². The van der Waals surface area contributed by atoms with Gasteiger partial charge in [0.25, 0.3) is 0 Å². The highest BCUT2D eigenvalue weighted by atomic mass is 16.5. The van der Waals surface area contributed by atoms with Gasteiger partial charge in [0.05, 0.1) is 31.1 Å². The van der Waals surface area contributed by atoms with E-state index in [0.29, 0.717) is 0 Å². The number of ether oxygens (including phenoxy) is 2. The summed E-state index contributed by atoms with van der Waals surface area (Å²) in [6, 6.07) is 6.25. The van der Waals surface area contributed by atoms with Gasteiger partial charge in [0.2, 0.25) is 0 Å². The number of nitrogens with zero attached hydrogens (tertiary/aromatic N) is 3. The summed E-state index contributed by atoms with van der Waals surface area (Å²) >= 11 is 0. The van der Waals surface area contributed by atoms with Crippen molar-refractivity contribution in [3.8, 4) is 0 Å². The van der Waals surface area contributed by atoms with Crippen LogP contribution in [0.15, 0.2) is 47.8 Å². The second kappa shape index (κ2) is 8.69. The summed E-state index contributed by atoms with van der Waals surface area (Å²) in [6.07, 6.45) is 9.41. The van der Waals surface area contributed by atoms with Crippen LogP contribution < -0.4 is 5.32 Å². The number of hydrogen-bond donors (Lipinski definition) is 1. The number of aryl methyl sites for hydroxylation is 1. The average Bonchev–Trinajstić information content (AvgIpc) is 3.36. The van der Waals surface area contributed by atoms with Crippen molar-refractivity contribution in [3.05, 3.63) is 47.8 Å². The molecule has 2 aliphatic rings. The van der Waals surface area contributed by atoms with Gasteiger partial charge in [0.1, 0.15) is 5.76 Å². The molecule has 1 aliphatic heterocycles. The van der Waals surface area contributed by atoms with Crippen LogP contribution in [0.1, 0.15) is 32.1 Å². The molecule has 6 heteroatoms. The van der Waals surface area contributed by atoms with Crippen LogP contribution in [0.4, 0.5) is 5.69 Å². The van der Waals surface area contributed by atoms with E-state index in [9.17, 15) is 0 Å². The summed E-state index contributed by atoms with van der Waals surface area (Å²) in [5.74, 6) is 1.80. The van der Waals surface area contributed by atoms with Gasteiger partial charge in [-0.1, -0.05) is 0 Å². The monoisotopic (exact) mass is 382 g/mol. The van der Waals surface area contributed by atoms with E-state index in [0.717, 1.165) is 66.4 Å². The highest BCUT2D eigenvalue weighted by molar-refractivity contribution is 5.80. The maximum absolute atomic E-state index is 6.09. The van der Waals surface area contributed by atoms with Gasteiger partial charge >= 0.3 is 0 Å². The Kier molecular flexibility index (Phi) is 5.86. The Labute approximate surface area is 166 Å². The molecule has 0 radical (unpaired) electrons. The molecule has 0 atom stereocenters. The van der Waals surface area contributed by atoms with Crippen molar-refractivity contribution >= 4 is 16.7 Å². The molecule has 0 bridgehead atoms. The van der Waals surface area contributed by atoms with Crippen LogP contribution in [0.2, 0.25) is 0 Å². The minimum absolute atomic E-state index is 0.726. The van der Waals surface area contributed by atoms with Gasteiger partial charge in [0.15, 0.2) is 5.76 Å². The van der Waals surface area contributed by atoms with Crippen molar-refractivity contribution in [3.63, 3.8) is 0 Å². The second-order valence-electron chi connectivity index (χ2n) is 7.60. The molecule has 6 nitrogen and oxygen atoms in total. The fourth-order valence-corrected chi connectivity index (χ4v) is 3.97. The molecule has 1 aliphatic carbocycles. The largest absolute Gasteiger partial charge is 0.497 e. The number of hydrogen-bond acceptors (Lipinski definition) is 5. The second-order valence-corrected chi connectivity index (χ2v) is 7.60.